The molecule has 0 bridgehead atoms. The van der Waals surface area contributed by atoms with E-state index in [-0.39, 0.29) is 45.6 Å². The third kappa shape index (κ3) is 14.6. The van der Waals surface area contributed by atoms with E-state index in [2.05, 4.69) is 32.7 Å². The zero-order valence-corrected chi connectivity index (χ0v) is 37.1. The fraction of sp³-hybridized carbons (Fsp3) is 0.395. The van der Waals surface area contributed by atoms with E-state index in [1.54, 1.807) is 104 Å². The number of hydrogen-bond acceptors (Lipinski definition) is 16. The van der Waals surface area contributed by atoms with E-state index in [0.29, 0.717) is 22.2 Å². The number of anilines is 1. The number of nitriles is 2. The summed E-state index contributed by atoms with van der Waals surface area (Å²) >= 11 is 7.19. The Labute approximate surface area is 368 Å². The van der Waals surface area contributed by atoms with Crippen molar-refractivity contribution in [2.24, 2.45) is 5.92 Å². The lowest BCUT2D eigenvalue weighted by Gasteiger charge is -2.25. The number of thioether (sulfide) groups is 1. The summed E-state index contributed by atoms with van der Waals surface area (Å²) in [7, 11) is 0. The average Bonchev–Trinajstić information content (AvgIpc) is 3.67. The second-order valence-corrected chi connectivity index (χ2v) is 17.3. The second-order valence-electron chi connectivity index (χ2n) is 15.9. The number of carbonyl (C=O) groups is 4. The van der Waals surface area contributed by atoms with E-state index in [1.807, 2.05) is 0 Å². The van der Waals surface area contributed by atoms with Crippen molar-refractivity contribution in [3.63, 3.8) is 0 Å². The number of benzene rings is 2. The maximum atomic E-state index is 13.2. The number of carbonyl (C=O) groups excluding carboxylic acids is 4. The highest BCUT2D eigenvalue weighted by atomic mass is 35.5. The molecular weight excluding hydrogens is 842 g/mol. The maximum Gasteiger partial charge on any atom is 0.408 e. The van der Waals surface area contributed by atoms with Gasteiger partial charge in [0.25, 0.3) is 0 Å². The molecule has 4 aromatic rings. The zero-order valence-electron chi connectivity index (χ0n) is 35.5. The summed E-state index contributed by atoms with van der Waals surface area (Å²) in [6.45, 7) is 12.1. The van der Waals surface area contributed by atoms with Crippen LogP contribution in [0.4, 0.5) is 15.4 Å². The van der Waals surface area contributed by atoms with Crippen molar-refractivity contribution >= 4 is 53.3 Å². The number of hydrogen-bond donors (Lipinski definition) is 3. The molecule has 0 aliphatic heterocycles. The second kappa shape index (κ2) is 21.3. The minimum Gasteiger partial charge on any atom is -0.490 e. The van der Waals surface area contributed by atoms with Gasteiger partial charge in [-0.25, -0.2) is 24.4 Å². The van der Waals surface area contributed by atoms with Gasteiger partial charge in [0, 0.05) is 21.9 Å². The van der Waals surface area contributed by atoms with Gasteiger partial charge in [-0.2, -0.15) is 10.5 Å². The number of pyridine rings is 1. The number of halogens is 1. The van der Waals surface area contributed by atoms with E-state index in [4.69, 9.17) is 45.4 Å². The highest BCUT2D eigenvalue weighted by molar-refractivity contribution is 7.98. The Kier molecular flexibility index (Phi) is 16.6. The molecule has 19 heteroatoms. The van der Waals surface area contributed by atoms with Crippen LogP contribution in [-0.4, -0.2) is 77.2 Å². The number of alkyl carbamates (subject to hydrolysis) is 2. The van der Waals surface area contributed by atoms with Gasteiger partial charge in [0.15, 0.2) is 6.10 Å². The van der Waals surface area contributed by atoms with Crippen LogP contribution < -0.4 is 21.1 Å². The highest BCUT2D eigenvalue weighted by Crippen LogP contribution is 2.37. The predicted octanol–water partition coefficient (Wildman–Crippen LogP) is 7.58. The number of nitrogens with two attached hydrogens (primary N) is 1. The molecule has 2 aromatic carbocycles. The molecule has 0 saturated carbocycles. The number of aromatic nitrogens is 2. The Morgan fingerprint density at radius 1 is 0.871 bits per heavy atom. The number of nitrogens with one attached hydrogen (secondary N) is 2. The molecule has 2 heterocycles. The molecule has 2 atom stereocenters. The minimum atomic E-state index is -1.19. The summed E-state index contributed by atoms with van der Waals surface area (Å²) in [4.78, 5) is 59.5. The summed E-state index contributed by atoms with van der Waals surface area (Å²) in [5.41, 5.74) is 6.76. The van der Waals surface area contributed by atoms with Gasteiger partial charge in [-0.1, -0.05) is 49.3 Å². The summed E-state index contributed by atoms with van der Waals surface area (Å²) in [6, 6.07) is 16.5. The molecule has 328 valence electrons. The van der Waals surface area contributed by atoms with Gasteiger partial charge < -0.3 is 44.5 Å². The SMILES string of the molecule is CC(C)[C@H](NC(=O)OC(C)(C)C)C(=O)OC[C@@H](COc1ccc(-c2c(C#N)c(N)nc(SCc3coc(-c4ccc(Cl)cc4)n3)c2C#N)cc1)OC(=O)CNC(=O)OC(C)(C)C. The van der Waals surface area contributed by atoms with Crippen LogP contribution in [0.1, 0.15) is 72.2 Å². The molecule has 4 N–H and O–H groups in total. The predicted molar refractivity (Wildman–Crippen MR) is 229 cm³/mol. The Morgan fingerprint density at radius 3 is 2.08 bits per heavy atom. The van der Waals surface area contributed by atoms with Gasteiger partial charge in [0.1, 0.15) is 77.6 Å². The van der Waals surface area contributed by atoms with Gasteiger partial charge in [-0.3, -0.25) is 4.79 Å². The minimum absolute atomic E-state index is 0.000623. The first-order valence-electron chi connectivity index (χ1n) is 19.2. The molecule has 17 nitrogen and oxygen atoms in total. The van der Waals surface area contributed by atoms with Crippen molar-refractivity contribution in [1.82, 2.24) is 20.6 Å². The topological polar surface area (TPSA) is 251 Å². The molecule has 0 unspecified atom stereocenters. The number of ether oxygens (including phenoxy) is 5. The van der Waals surface area contributed by atoms with Crippen molar-refractivity contribution in [2.75, 3.05) is 25.5 Å². The van der Waals surface area contributed by atoms with E-state index >= 15 is 0 Å². The molecule has 0 radical (unpaired) electrons. The fourth-order valence-corrected chi connectivity index (χ4v) is 6.34. The first-order valence-corrected chi connectivity index (χ1v) is 20.5. The number of rotatable bonds is 16. The van der Waals surface area contributed by atoms with E-state index in [9.17, 15) is 29.7 Å². The smallest absolute Gasteiger partial charge is 0.408 e. The standard InChI is InChI=1S/C43H48ClN7O10S/c1-24(2)35(50-41(55)61-43(6,7)8)39(53)58-22-30(59-33(52)19-48-40(54)60-42(3,4)5)21-56-29-15-11-25(12-16-29)34-31(17-45)36(47)51-38(32(34)18-46)62-23-28-20-57-37(49-28)26-9-13-27(44)14-10-26/h9-16,20,24,30,35H,19,21-23H2,1-8H3,(H2,47,51)(H,48,54)(H,50,55)/t30-,35+/m1/s1. The van der Waals surface area contributed by atoms with Crippen LogP contribution in [0.15, 0.2) is 64.2 Å². The van der Waals surface area contributed by atoms with Gasteiger partial charge in [0.2, 0.25) is 5.89 Å². The first kappa shape index (κ1) is 48.2. The van der Waals surface area contributed by atoms with Gasteiger partial charge >= 0.3 is 24.1 Å². The fourth-order valence-electron chi connectivity index (χ4n) is 5.34. The highest BCUT2D eigenvalue weighted by Gasteiger charge is 2.30. The van der Waals surface area contributed by atoms with Crippen LogP contribution in [0.25, 0.3) is 22.6 Å². The van der Waals surface area contributed by atoms with E-state index in [0.717, 1.165) is 5.56 Å². The van der Waals surface area contributed by atoms with Crippen LogP contribution in [0.3, 0.4) is 0 Å². The number of nitrogen functional groups attached to an aromatic ring is 1. The van der Waals surface area contributed by atoms with Crippen LogP contribution in [0.2, 0.25) is 5.02 Å². The van der Waals surface area contributed by atoms with Crippen LogP contribution >= 0.6 is 23.4 Å². The zero-order chi connectivity index (χ0) is 45.8. The quantitative estimate of drug-likeness (QED) is 0.0557. The Bertz CT molecular complexity index is 2310. The van der Waals surface area contributed by atoms with Gasteiger partial charge in [-0.15, -0.1) is 0 Å². The molecule has 62 heavy (non-hydrogen) atoms. The van der Waals surface area contributed by atoms with Crippen molar-refractivity contribution in [1.29, 1.82) is 10.5 Å². The number of amides is 2. The van der Waals surface area contributed by atoms with Crippen LogP contribution in [0.5, 0.6) is 5.75 Å². The Morgan fingerprint density at radius 2 is 1.48 bits per heavy atom. The average molecular weight is 890 g/mol. The van der Waals surface area contributed by atoms with E-state index in [1.165, 1.54) is 18.0 Å². The molecule has 4 rings (SSSR count). The van der Waals surface area contributed by atoms with Crippen molar-refractivity contribution in [2.45, 2.75) is 89.5 Å². The Balaban J connectivity index is 1.50. The number of esters is 2. The molecular formula is C43H48ClN7O10S. The summed E-state index contributed by atoms with van der Waals surface area (Å²) in [6.07, 6.45) is -1.36. The Hall–Kier alpha value is -6.50. The van der Waals surface area contributed by atoms with Crippen molar-refractivity contribution in [3.05, 3.63) is 76.6 Å². The third-order valence-corrected chi connectivity index (χ3v) is 9.33. The number of oxazole rings is 1. The first-order chi connectivity index (χ1) is 29.2. The molecule has 0 aliphatic carbocycles. The molecule has 2 aromatic heterocycles. The molecule has 2 amide bonds. The summed E-state index contributed by atoms with van der Waals surface area (Å²) in [5.74, 6) is -1.25. The molecule has 0 saturated heterocycles. The summed E-state index contributed by atoms with van der Waals surface area (Å²) < 4.78 is 33.0. The lowest BCUT2D eigenvalue weighted by Crippen LogP contribution is -2.48. The van der Waals surface area contributed by atoms with E-state index < -0.39 is 66.5 Å². The normalized spacial score (nSPS) is 12.3. The van der Waals surface area contributed by atoms with Crippen molar-refractivity contribution < 1.29 is 47.3 Å². The molecule has 0 fully saturated rings. The third-order valence-electron chi connectivity index (χ3n) is 8.07. The van der Waals surface area contributed by atoms with Gasteiger partial charge in [-0.05, 0) is 89.4 Å². The van der Waals surface area contributed by atoms with Crippen LogP contribution in [0, 0.1) is 28.6 Å². The summed E-state index contributed by atoms with van der Waals surface area (Å²) in [5, 5.41) is 26.1. The lowest BCUT2D eigenvalue weighted by molar-refractivity contribution is -0.161. The monoisotopic (exact) mass is 889 g/mol. The molecule has 0 aliphatic rings. The van der Waals surface area contributed by atoms with Gasteiger partial charge in [0.05, 0.1) is 11.3 Å². The van der Waals surface area contributed by atoms with Crippen molar-refractivity contribution in [3.8, 4) is 40.5 Å². The molecule has 0 spiro atoms. The van der Waals surface area contributed by atoms with Crippen LogP contribution in [-0.2, 0) is 34.3 Å². The largest absolute Gasteiger partial charge is 0.490 e. The number of nitrogens with zero attached hydrogens (tertiary/aromatic N) is 4. The maximum absolute atomic E-state index is 13.2. The lowest BCUT2D eigenvalue weighted by atomic mass is 9.97.